The van der Waals surface area contributed by atoms with Crippen molar-refractivity contribution in [2.75, 3.05) is 33.5 Å². The lowest BCUT2D eigenvalue weighted by molar-refractivity contribution is -0.142. The number of methoxy groups -OCH3 is 1. The van der Waals surface area contributed by atoms with Gasteiger partial charge in [-0.2, -0.15) is 0 Å². The minimum Gasteiger partial charge on any atom is -0.490 e. The number of carbonyl (C=O) groups excluding carboxylic acids is 1. The molecule has 40 heavy (non-hydrogen) atoms. The summed E-state index contributed by atoms with van der Waals surface area (Å²) in [6, 6.07) is 5.06. The normalized spacial score (nSPS) is 14.8. The fraction of sp³-hybridized carbons (Fsp3) is 0.733. The number of ether oxygens (including phenoxy) is 4. The maximum absolute atomic E-state index is 12.6. The van der Waals surface area contributed by atoms with E-state index in [-0.39, 0.29) is 24.9 Å². The summed E-state index contributed by atoms with van der Waals surface area (Å²) < 4.78 is 22.4. The van der Waals surface area contributed by atoms with Crippen LogP contribution in [0.5, 0.6) is 11.5 Å². The molecule has 4 N–H and O–H groups in total. The molecule has 0 radical (unpaired) electrons. The number of benzene rings is 1. The van der Waals surface area contributed by atoms with Gasteiger partial charge in [-0.05, 0) is 69.6 Å². The lowest BCUT2D eigenvalue weighted by atomic mass is 9.82. The van der Waals surface area contributed by atoms with Gasteiger partial charge in [0.05, 0.1) is 31.3 Å². The summed E-state index contributed by atoms with van der Waals surface area (Å²) in [6.45, 7) is 12.4. The molecule has 0 aliphatic carbocycles. The number of amides is 1. The van der Waals surface area contributed by atoms with Crippen molar-refractivity contribution in [3.05, 3.63) is 23.8 Å². The van der Waals surface area contributed by atoms with Crippen molar-refractivity contribution in [2.24, 2.45) is 17.8 Å². The SMILES string of the molecule is COCCCOc1cc(C[C@@H](C[C@H](NC(=O)OC(C)(C)C)[C@@H](O)C[C@@H](C)C(=O)O)C(C)C)ccc1OCCCO. The number of aliphatic hydroxyl groups excluding tert-OH is 2. The van der Waals surface area contributed by atoms with Crippen LogP contribution in [0.25, 0.3) is 0 Å². The zero-order chi connectivity index (χ0) is 30.3. The van der Waals surface area contributed by atoms with Crippen LogP contribution in [0.1, 0.15) is 72.8 Å². The first-order chi connectivity index (χ1) is 18.8. The minimum absolute atomic E-state index is 0.0000483. The monoisotopic (exact) mass is 569 g/mol. The third kappa shape index (κ3) is 14.2. The third-order valence-corrected chi connectivity index (χ3v) is 6.50. The molecule has 4 atom stereocenters. The van der Waals surface area contributed by atoms with E-state index >= 15 is 0 Å². The van der Waals surface area contributed by atoms with Crippen LogP contribution < -0.4 is 14.8 Å². The van der Waals surface area contributed by atoms with Crippen LogP contribution >= 0.6 is 0 Å². The van der Waals surface area contributed by atoms with Crippen molar-refractivity contribution in [1.82, 2.24) is 5.32 Å². The molecule has 10 heteroatoms. The first-order valence-electron chi connectivity index (χ1n) is 14.2. The van der Waals surface area contributed by atoms with Gasteiger partial charge in [0.25, 0.3) is 0 Å². The summed E-state index contributed by atoms with van der Waals surface area (Å²) in [5.41, 5.74) is 0.283. The molecule has 0 unspecified atom stereocenters. The van der Waals surface area contributed by atoms with Crippen LogP contribution in [0.15, 0.2) is 18.2 Å². The van der Waals surface area contributed by atoms with Crippen LogP contribution in [-0.4, -0.2) is 78.7 Å². The maximum Gasteiger partial charge on any atom is 0.407 e. The number of aliphatic hydroxyl groups is 2. The van der Waals surface area contributed by atoms with E-state index in [9.17, 15) is 19.8 Å². The van der Waals surface area contributed by atoms with Crippen LogP contribution in [-0.2, 0) is 20.7 Å². The molecule has 0 fully saturated rings. The molecule has 1 amide bonds. The molecule has 0 aliphatic rings. The highest BCUT2D eigenvalue weighted by atomic mass is 16.6. The Bertz CT molecular complexity index is 884. The van der Waals surface area contributed by atoms with E-state index in [4.69, 9.17) is 24.1 Å². The highest BCUT2D eigenvalue weighted by molar-refractivity contribution is 5.70. The Morgan fingerprint density at radius 2 is 1.62 bits per heavy atom. The number of carboxylic acids is 1. The van der Waals surface area contributed by atoms with Crippen LogP contribution in [0.3, 0.4) is 0 Å². The Hall–Kier alpha value is -2.56. The molecule has 0 heterocycles. The summed E-state index contributed by atoms with van der Waals surface area (Å²) >= 11 is 0. The highest BCUT2D eigenvalue weighted by Gasteiger charge is 2.31. The van der Waals surface area contributed by atoms with Gasteiger partial charge in [0, 0.05) is 33.2 Å². The van der Waals surface area contributed by atoms with Crippen molar-refractivity contribution in [3.63, 3.8) is 0 Å². The first-order valence-corrected chi connectivity index (χ1v) is 14.2. The number of nitrogens with one attached hydrogen (secondary N) is 1. The highest BCUT2D eigenvalue weighted by Crippen LogP contribution is 2.32. The largest absolute Gasteiger partial charge is 0.490 e. The number of carboxylic acid groups (broad SMARTS) is 1. The van der Waals surface area contributed by atoms with Crippen molar-refractivity contribution in [1.29, 1.82) is 0 Å². The summed E-state index contributed by atoms with van der Waals surface area (Å²) in [4.78, 5) is 24.1. The van der Waals surface area contributed by atoms with Gasteiger partial charge in [-0.3, -0.25) is 4.79 Å². The quantitative estimate of drug-likeness (QED) is 0.178. The molecule has 10 nitrogen and oxygen atoms in total. The van der Waals surface area contributed by atoms with Crippen LogP contribution in [0, 0.1) is 17.8 Å². The van der Waals surface area contributed by atoms with Crippen LogP contribution in [0.2, 0.25) is 0 Å². The molecule has 230 valence electrons. The summed E-state index contributed by atoms with van der Waals surface area (Å²) in [5.74, 6) is -0.344. The van der Waals surface area contributed by atoms with E-state index in [1.54, 1.807) is 27.9 Å². The number of rotatable bonds is 19. The molecule has 0 saturated carbocycles. The number of carbonyl (C=O) groups is 2. The molecule has 1 rings (SSSR count). The average molecular weight is 570 g/mol. The lowest BCUT2D eigenvalue weighted by Crippen LogP contribution is -2.47. The average Bonchev–Trinajstić information content (AvgIpc) is 2.85. The molecule has 0 aromatic heterocycles. The van der Waals surface area contributed by atoms with Crippen molar-refractivity contribution < 1.29 is 43.9 Å². The second-order valence-electron chi connectivity index (χ2n) is 11.6. The van der Waals surface area contributed by atoms with Gasteiger partial charge < -0.3 is 39.6 Å². The van der Waals surface area contributed by atoms with E-state index in [0.717, 1.165) is 12.0 Å². The lowest BCUT2D eigenvalue weighted by Gasteiger charge is -2.32. The van der Waals surface area contributed by atoms with Crippen molar-refractivity contribution in [2.45, 2.75) is 91.4 Å². The van der Waals surface area contributed by atoms with Crippen molar-refractivity contribution in [3.8, 4) is 11.5 Å². The van der Waals surface area contributed by atoms with Gasteiger partial charge in [0.1, 0.15) is 5.60 Å². The summed E-state index contributed by atoms with van der Waals surface area (Å²) in [6.07, 6.45) is 0.561. The molecule has 0 aliphatic heterocycles. The molecule has 1 aromatic rings. The van der Waals surface area contributed by atoms with Crippen molar-refractivity contribution >= 4 is 12.1 Å². The maximum atomic E-state index is 12.6. The van der Waals surface area contributed by atoms with Gasteiger partial charge in [-0.1, -0.05) is 26.8 Å². The zero-order valence-electron chi connectivity index (χ0n) is 25.3. The third-order valence-electron chi connectivity index (χ3n) is 6.50. The van der Waals surface area contributed by atoms with Gasteiger partial charge in [-0.15, -0.1) is 0 Å². The Morgan fingerprint density at radius 3 is 2.20 bits per heavy atom. The predicted octanol–water partition coefficient (Wildman–Crippen LogP) is 4.43. The van der Waals surface area contributed by atoms with Gasteiger partial charge in [-0.25, -0.2) is 4.79 Å². The number of hydrogen-bond acceptors (Lipinski definition) is 8. The second kappa shape index (κ2) is 18.0. The van der Waals surface area contributed by atoms with E-state index in [1.165, 1.54) is 6.92 Å². The molecule has 1 aromatic carbocycles. The number of hydrogen-bond donors (Lipinski definition) is 4. The fourth-order valence-corrected chi connectivity index (χ4v) is 4.16. The van der Waals surface area contributed by atoms with Gasteiger partial charge in [0.2, 0.25) is 0 Å². The number of aliphatic carboxylic acids is 1. The Balaban J connectivity index is 3.16. The zero-order valence-corrected chi connectivity index (χ0v) is 25.3. The molecular weight excluding hydrogens is 518 g/mol. The predicted molar refractivity (Wildman–Crippen MR) is 153 cm³/mol. The molecule has 0 saturated heterocycles. The second-order valence-corrected chi connectivity index (χ2v) is 11.6. The smallest absolute Gasteiger partial charge is 0.407 e. The number of alkyl carbamates (subject to hydrolysis) is 1. The fourth-order valence-electron chi connectivity index (χ4n) is 4.16. The van der Waals surface area contributed by atoms with Gasteiger partial charge >= 0.3 is 12.1 Å². The van der Waals surface area contributed by atoms with Crippen LogP contribution in [0.4, 0.5) is 4.79 Å². The molecule has 0 bridgehead atoms. The Labute approximate surface area is 239 Å². The summed E-state index contributed by atoms with van der Waals surface area (Å²) in [7, 11) is 1.64. The van der Waals surface area contributed by atoms with E-state index < -0.39 is 35.7 Å². The Kier molecular flexibility index (Phi) is 16.0. The molecular formula is C30H51NO9. The standard InChI is InChI=1S/C30H51NO9/c1-20(2)23(19-24(25(33)16-21(3)28(34)35)31-29(36)40-30(4,5)6)17-22-10-11-26(38-14-8-12-32)27(18-22)39-15-9-13-37-7/h10-11,18,20-21,23-25,32-33H,8-9,12-17,19H2,1-7H3,(H,31,36)(H,34,35)/t21-,23+,24+,25+/m1/s1. The van der Waals surface area contributed by atoms with E-state index in [1.807, 2.05) is 18.2 Å². The molecule has 0 spiro atoms. The summed E-state index contributed by atoms with van der Waals surface area (Å²) in [5, 5.41) is 32.3. The topological polar surface area (TPSA) is 144 Å². The minimum atomic E-state index is -1.07. The Morgan fingerprint density at radius 1 is 0.975 bits per heavy atom. The van der Waals surface area contributed by atoms with E-state index in [2.05, 4.69) is 19.2 Å². The first kappa shape index (κ1) is 35.5. The van der Waals surface area contributed by atoms with E-state index in [0.29, 0.717) is 50.6 Å². The van der Waals surface area contributed by atoms with Gasteiger partial charge in [0.15, 0.2) is 11.5 Å².